The molecule has 0 spiro atoms. The fraction of sp³-hybridized carbons (Fsp3) is 0.706. The number of aliphatic hydroxyl groups is 1. The minimum atomic E-state index is -1.33. The number of nitrogens with zero attached hydrogens (tertiary/aromatic N) is 4. The summed E-state index contributed by atoms with van der Waals surface area (Å²) < 4.78 is 5.32. The first-order chi connectivity index (χ1) is 11.4. The number of methoxy groups -OCH3 is 1. The number of carbonyl (C=O) groups is 1. The molecule has 2 aliphatic rings. The molecule has 3 rings (SSSR count). The van der Waals surface area contributed by atoms with Crippen LogP contribution in [0.3, 0.4) is 0 Å². The van der Waals surface area contributed by atoms with Crippen LogP contribution < -0.4 is 9.64 Å². The molecule has 3 heterocycles. The molecule has 0 aromatic carbocycles. The number of aryl methyl sites for hydroxylation is 1. The van der Waals surface area contributed by atoms with Crippen molar-refractivity contribution in [3.8, 4) is 5.88 Å². The lowest BCUT2D eigenvalue weighted by molar-refractivity contribution is -0.151. The van der Waals surface area contributed by atoms with Gasteiger partial charge in [-0.25, -0.2) is 4.98 Å². The molecular weight excluding hydrogens is 308 g/mol. The van der Waals surface area contributed by atoms with Crippen LogP contribution in [0.15, 0.2) is 0 Å². The second-order valence-electron chi connectivity index (χ2n) is 6.78. The van der Waals surface area contributed by atoms with Crippen LogP contribution in [-0.4, -0.2) is 64.8 Å². The molecule has 1 amide bonds. The van der Waals surface area contributed by atoms with E-state index in [1.807, 2.05) is 18.7 Å². The summed E-state index contributed by atoms with van der Waals surface area (Å²) >= 11 is 0. The average Bonchev–Trinajstić information content (AvgIpc) is 3.10. The Balaban J connectivity index is 1.85. The van der Waals surface area contributed by atoms with Crippen LogP contribution in [0.5, 0.6) is 5.88 Å². The van der Waals surface area contributed by atoms with Gasteiger partial charge in [-0.3, -0.25) is 4.79 Å². The molecular formula is C17H26N4O3. The van der Waals surface area contributed by atoms with E-state index in [2.05, 4.69) is 9.97 Å². The van der Waals surface area contributed by atoms with E-state index in [1.54, 1.807) is 12.0 Å². The Labute approximate surface area is 142 Å². The van der Waals surface area contributed by atoms with Gasteiger partial charge in [0.05, 0.1) is 19.2 Å². The Morgan fingerprint density at radius 1 is 1.17 bits per heavy atom. The third-order valence-corrected chi connectivity index (χ3v) is 4.94. The van der Waals surface area contributed by atoms with E-state index < -0.39 is 5.60 Å². The highest BCUT2D eigenvalue weighted by Gasteiger charge is 2.44. The zero-order valence-electron chi connectivity index (χ0n) is 14.7. The van der Waals surface area contributed by atoms with Crippen LogP contribution in [0, 0.1) is 13.8 Å². The van der Waals surface area contributed by atoms with E-state index in [1.165, 1.54) is 0 Å². The minimum absolute atomic E-state index is 0.139. The fourth-order valence-corrected chi connectivity index (χ4v) is 3.70. The lowest BCUT2D eigenvalue weighted by atomic mass is 9.91. The average molecular weight is 334 g/mol. The molecule has 24 heavy (non-hydrogen) atoms. The maximum Gasteiger partial charge on any atom is 0.256 e. The first kappa shape index (κ1) is 17.0. The molecule has 0 bridgehead atoms. The maximum absolute atomic E-state index is 12.8. The summed E-state index contributed by atoms with van der Waals surface area (Å²) in [5, 5.41) is 11.0. The predicted molar refractivity (Wildman–Crippen MR) is 90.3 cm³/mol. The Bertz CT molecular complexity index is 631. The van der Waals surface area contributed by atoms with Gasteiger partial charge in [-0.15, -0.1) is 0 Å². The second-order valence-corrected chi connectivity index (χ2v) is 6.78. The van der Waals surface area contributed by atoms with Crippen molar-refractivity contribution >= 4 is 11.7 Å². The van der Waals surface area contributed by atoms with E-state index in [9.17, 15) is 9.90 Å². The molecule has 1 aromatic rings. The smallest absolute Gasteiger partial charge is 0.256 e. The van der Waals surface area contributed by atoms with Gasteiger partial charge in [-0.05, 0) is 39.5 Å². The third kappa shape index (κ3) is 3.05. The molecule has 1 atom stereocenters. The topological polar surface area (TPSA) is 78.8 Å². The quantitative estimate of drug-likeness (QED) is 0.890. The van der Waals surface area contributed by atoms with E-state index in [-0.39, 0.29) is 12.5 Å². The van der Waals surface area contributed by atoms with Crippen molar-refractivity contribution < 1.29 is 14.6 Å². The summed E-state index contributed by atoms with van der Waals surface area (Å²) in [5.41, 5.74) is -0.498. The van der Waals surface area contributed by atoms with E-state index in [0.29, 0.717) is 18.1 Å². The van der Waals surface area contributed by atoms with E-state index in [4.69, 9.17) is 4.74 Å². The molecule has 1 unspecified atom stereocenters. The molecule has 7 heteroatoms. The predicted octanol–water partition coefficient (Wildman–Crippen LogP) is 1.06. The molecule has 0 radical (unpaired) electrons. The zero-order chi connectivity index (χ0) is 17.3. The first-order valence-electron chi connectivity index (χ1n) is 8.60. The molecule has 2 saturated heterocycles. The summed E-state index contributed by atoms with van der Waals surface area (Å²) in [7, 11) is 1.59. The lowest BCUT2D eigenvalue weighted by Gasteiger charge is -2.40. The Morgan fingerprint density at radius 3 is 2.54 bits per heavy atom. The van der Waals surface area contributed by atoms with Gasteiger partial charge in [-0.2, -0.15) is 4.98 Å². The van der Waals surface area contributed by atoms with Crippen LogP contribution in [0.1, 0.15) is 37.1 Å². The summed E-state index contributed by atoms with van der Waals surface area (Å²) in [6.07, 6.45) is 3.29. The number of rotatable bonds is 3. The summed E-state index contributed by atoms with van der Waals surface area (Å²) in [5.74, 6) is 1.76. The maximum atomic E-state index is 12.8. The molecule has 1 aromatic heterocycles. The lowest BCUT2D eigenvalue weighted by Crippen LogP contribution is -2.58. The number of aromatic nitrogens is 2. The minimum Gasteiger partial charge on any atom is -0.481 e. The van der Waals surface area contributed by atoms with Gasteiger partial charge >= 0.3 is 0 Å². The number of ether oxygens (including phenoxy) is 1. The summed E-state index contributed by atoms with van der Waals surface area (Å²) in [4.78, 5) is 25.4. The highest BCUT2D eigenvalue weighted by atomic mass is 16.5. The van der Waals surface area contributed by atoms with Gasteiger partial charge < -0.3 is 19.6 Å². The molecule has 2 aliphatic heterocycles. The van der Waals surface area contributed by atoms with Gasteiger partial charge in [0.15, 0.2) is 5.60 Å². The largest absolute Gasteiger partial charge is 0.481 e. The van der Waals surface area contributed by atoms with Crippen molar-refractivity contribution in [3.63, 3.8) is 0 Å². The number of β-amino-alcohol motifs (C(OH)–C–C–N with tert-alkyl or cyclic N) is 1. The van der Waals surface area contributed by atoms with Gasteiger partial charge in [0.25, 0.3) is 5.91 Å². The highest BCUT2D eigenvalue weighted by molar-refractivity contribution is 5.86. The Kier molecular flexibility index (Phi) is 4.62. The fourth-order valence-electron chi connectivity index (χ4n) is 3.70. The van der Waals surface area contributed by atoms with Crippen molar-refractivity contribution in [2.75, 3.05) is 38.2 Å². The van der Waals surface area contributed by atoms with Crippen LogP contribution in [-0.2, 0) is 4.79 Å². The van der Waals surface area contributed by atoms with Crippen LogP contribution in [0.2, 0.25) is 0 Å². The monoisotopic (exact) mass is 334 g/mol. The van der Waals surface area contributed by atoms with Crippen molar-refractivity contribution in [1.82, 2.24) is 14.9 Å². The third-order valence-electron chi connectivity index (χ3n) is 4.94. The summed E-state index contributed by atoms with van der Waals surface area (Å²) in [6, 6.07) is 0. The van der Waals surface area contributed by atoms with Gasteiger partial charge in [0, 0.05) is 19.6 Å². The Hall–Kier alpha value is -1.89. The van der Waals surface area contributed by atoms with Gasteiger partial charge in [0.2, 0.25) is 5.88 Å². The molecule has 7 nitrogen and oxygen atoms in total. The van der Waals surface area contributed by atoms with Crippen LogP contribution in [0.4, 0.5) is 5.82 Å². The van der Waals surface area contributed by atoms with Gasteiger partial charge in [0.1, 0.15) is 11.6 Å². The molecule has 0 saturated carbocycles. The van der Waals surface area contributed by atoms with E-state index >= 15 is 0 Å². The van der Waals surface area contributed by atoms with Crippen molar-refractivity contribution in [2.24, 2.45) is 0 Å². The van der Waals surface area contributed by atoms with Gasteiger partial charge in [-0.1, -0.05) is 0 Å². The van der Waals surface area contributed by atoms with Crippen LogP contribution in [0.25, 0.3) is 0 Å². The number of piperidine rings is 1. The van der Waals surface area contributed by atoms with Crippen LogP contribution >= 0.6 is 0 Å². The van der Waals surface area contributed by atoms with Crippen molar-refractivity contribution in [2.45, 2.75) is 45.1 Å². The molecule has 2 fully saturated rings. The van der Waals surface area contributed by atoms with Crippen molar-refractivity contribution in [3.05, 3.63) is 11.4 Å². The zero-order valence-corrected chi connectivity index (χ0v) is 14.7. The second kappa shape index (κ2) is 6.55. The number of hydrogen-bond donors (Lipinski definition) is 1. The normalized spacial score (nSPS) is 24.3. The Morgan fingerprint density at radius 2 is 1.88 bits per heavy atom. The van der Waals surface area contributed by atoms with E-state index in [0.717, 1.165) is 50.3 Å². The standard InChI is InChI=1S/C17H26N4O3/c1-12-14(18-13(2)19-15(12)24-3)21-10-6-7-17(23,11-21)16(22)20-8-4-5-9-20/h23H,4-11H2,1-3H3. The molecule has 132 valence electrons. The summed E-state index contributed by atoms with van der Waals surface area (Å²) in [6.45, 7) is 6.25. The number of carbonyl (C=O) groups excluding carboxylic acids is 1. The first-order valence-corrected chi connectivity index (χ1v) is 8.60. The number of hydrogen-bond acceptors (Lipinski definition) is 6. The van der Waals surface area contributed by atoms with Crippen molar-refractivity contribution in [1.29, 1.82) is 0 Å². The SMILES string of the molecule is COc1nc(C)nc(N2CCCC(O)(C(=O)N3CCCC3)C2)c1C. The number of anilines is 1. The number of amides is 1. The highest BCUT2D eigenvalue weighted by Crippen LogP contribution is 2.31. The molecule has 1 N–H and O–H groups in total. The number of likely N-dealkylation sites (tertiary alicyclic amines) is 1. The molecule has 0 aliphatic carbocycles.